The molecule has 0 aliphatic heterocycles. The van der Waals surface area contributed by atoms with Gasteiger partial charge in [0.15, 0.2) is 0 Å². The first-order valence-corrected chi connectivity index (χ1v) is 6.42. The van der Waals surface area contributed by atoms with E-state index in [2.05, 4.69) is 21.2 Å². The Morgan fingerprint density at radius 3 is 2.67 bits per heavy atom. The van der Waals surface area contributed by atoms with Gasteiger partial charge < -0.3 is 11.1 Å². The minimum absolute atomic E-state index is 0.0928. The summed E-state index contributed by atoms with van der Waals surface area (Å²) in [4.78, 5) is 0. The van der Waals surface area contributed by atoms with E-state index >= 15 is 0 Å². The average Bonchev–Trinajstić information content (AvgIpc) is 2.32. The fraction of sp³-hybridized carbons (Fsp3) is 0.143. The van der Waals surface area contributed by atoms with Gasteiger partial charge in [0.25, 0.3) is 0 Å². The second-order valence-electron chi connectivity index (χ2n) is 4.15. The molecule has 0 saturated heterocycles. The van der Waals surface area contributed by atoms with Gasteiger partial charge in [0.2, 0.25) is 0 Å². The molecule has 18 heavy (non-hydrogen) atoms. The summed E-state index contributed by atoms with van der Waals surface area (Å²) in [6, 6.07) is 12.5. The first-order valence-electron chi connectivity index (χ1n) is 5.63. The second kappa shape index (κ2) is 5.40. The number of anilines is 2. The molecule has 0 heterocycles. The molecule has 1 atom stereocenters. The first kappa shape index (κ1) is 12.9. The van der Waals surface area contributed by atoms with Crippen LogP contribution in [0.3, 0.4) is 0 Å². The summed E-state index contributed by atoms with van der Waals surface area (Å²) in [5, 5.41) is 3.27. The number of nitrogen functional groups attached to an aromatic ring is 1. The van der Waals surface area contributed by atoms with Gasteiger partial charge in [0.1, 0.15) is 5.82 Å². The predicted molar refractivity (Wildman–Crippen MR) is 77.0 cm³/mol. The van der Waals surface area contributed by atoms with Crippen LogP contribution in [-0.2, 0) is 0 Å². The normalized spacial score (nSPS) is 12.2. The van der Waals surface area contributed by atoms with Crippen molar-refractivity contribution in [1.29, 1.82) is 0 Å². The van der Waals surface area contributed by atoms with Crippen molar-refractivity contribution in [3.05, 3.63) is 58.3 Å². The smallest absolute Gasteiger partial charge is 0.125 e. The zero-order valence-corrected chi connectivity index (χ0v) is 11.5. The van der Waals surface area contributed by atoms with Crippen molar-refractivity contribution in [2.45, 2.75) is 13.0 Å². The van der Waals surface area contributed by atoms with Crippen molar-refractivity contribution in [3.63, 3.8) is 0 Å². The van der Waals surface area contributed by atoms with E-state index in [-0.39, 0.29) is 11.9 Å². The van der Waals surface area contributed by atoms with Crippen LogP contribution in [0, 0.1) is 5.82 Å². The van der Waals surface area contributed by atoms with Crippen molar-refractivity contribution in [2.75, 3.05) is 11.1 Å². The fourth-order valence-electron chi connectivity index (χ4n) is 1.76. The van der Waals surface area contributed by atoms with Gasteiger partial charge in [-0.15, -0.1) is 0 Å². The lowest BCUT2D eigenvalue weighted by Gasteiger charge is -2.17. The Bertz CT molecular complexity index is 557. The van der Waals surface area contributed by atoms with Crippen LogP contribution in [0.4, 0.5) is 15.8 Å². The van der Waals surface area contributed by atoms with Crippen LogP contribution < -0.4 is 11.1 Å². The molecule has 2 aromatic carbocycles. The second-order valence-corrected chi connectivity index (χ2v) is 5.07. The molecule has 2 nitrogen and oxygen atoms in total. The summed E-state index contributed by atoms with van der Waals surface area (Å²) in [5.74, 6) is -0.326. The summed E-state index contributed by atoms with van der Waals surface area (Å²) in [6.45, 7) is 2.03. The third kappa shape index (κ3) is 3.01. The SMILES string of the molecule is CC(Nc1ccc(F)cc1N)c1cccc(Br)c1. The quantitative estimate of drug-likeness (QED) is 0.828. The first-order chi connectivity index (χ1) is 8.56. The molecule has 0 aromatic heterocycles. The molecule has 3 N–H and O–H groups in total. The van der Waals surface area contributed by atoms with E-state index in [1.54, 1.807) is 6.07 Å². The number of nitrogens with one attached hydrogen (secondary N) is 1. The Kier molecular flexibility index (Phi) is 3.87. The molecule has 0 aliphatic carbocycles. The third-order valence-electron chi connectivity index (χ3n) is 2.73. The Morgan fingerprint density at radius 2 is 2.00 bits per heavy atom. The summed E-state index contributed by atoms with van der Waals surface area (Å²) in [6.07, 6.45) is 0. The molecule has 1 unspecified atom stereocenters. The van der Waals surface area contributed by atoms with Crippen LogP contribution in [-0.4, -0.2) is 0 Å². The van der Waals surface area contributed by atoms with Gasteiger partial charge in [0.05, 0.1) is 11.4 Å². The van der Waals surface area contributed by atoms with Gasteiger partial charge in [-0.2, -0.15) is 0 Å². The minimum Gasteiger partial charge on any atom is -0.397 e. The number of nitrogens with two attached hydrogens (primary N) is 1. The standard InChI is InChI=1S/C14H14BrFN2/c1-9(10-3-2-4-11(15)7-10)18-14-6-5-12(16)8-13(14)17/h2-9,18H,17H2,1H3. The number of hydrogen-bond acceptors (Lipinski definition) is 2. The van der Waals surface area contributed by atoms with E-state index in [1.807, 2.05) is 31.2 Å². The maximum Gasteiger partial charge on any atom is 0.125 e. The predicted octanol–water partition coefficient (Wildman–Crippen LogP) is 4.34. The molecule has 0 saturated carbocycles. The Balaban J connectivity index is 2.18. The molecule has 2 aromatic rings. The molecule has 0 fully saturated rings. The van der Waals surface area contributed by atoms with Gasteiger partial charge in [-0.25, -0.2) is 4.39 Å². The molecule has 94 valence electrons. The summed E-state index contributed by atoms with van der Waals surface area (Å²) in [7, 11) is 0. The topological polar surface area (TPSA) is 38.0 Å². The van der Waals surface area contributed by atoms with Gasteiger partial charge in [0, 0.05) is 10.5 Å². The molecule has 0 aliphatic rings. The zero-order chi connectivity index (χ0) is 13.1. The van der Waals surface area contributed by atoms with Crippen molar-refractivity contribution in [1.82, 2.24) is 0 Å². The average molecular weight is 309 g/mol. The Hall–Kier alpha value is -1.55. The van der Waals surface area contributed by atoms with E-state index in [9.17, 15) is 4.39 Å². The fourth-order valence-corrected chi connectivity index (χ4v) is 2.17. The van der Waals surface area contributed by atoms with Crippen LogP contribution in [0.2, 0.25) is 0 Å². The van der Waals surface area contributed by atoms with Crippen molar-refractivity contribution in [2.24, 2.45) is 0 Å². The largest absolute Gasteiger partial charge is 0.397 e. The highest BCUT2D eigenvalue weighted by molar-refractivity contribution is 9.10. The van der Waals surface area contributed by atoms with Crippen LogP contribution in [0.15, 0.2) is 46.9 Å². The Morgan fingerprint density at radius 1 is 1.22 bits per heavy atom. The number of benzene rings is 2. The third-order valence-corrected chi connectivity index (χ3v) is 3.23. The van der Waals surface area contributed by atoms with Crippen molar-refractivity contribution < 1.29 is 4.39 Å². The van der Waals surface area contributed by atoms with E-state index in [0.29, 0.717) is 5.69 Å². The molecule has 2 rings (SSSR count). The highest BCUT2D eigenvalue weighted by Crippen LogP contribution is 2.26. The number of hydrogen-bond donors (Lipinski definition) is 2. The summed E-state index contributed by atoms with van der Waals surface area (Å²) in [5.41, 5.74) is 8.05. The summed E-state index contributed by atoms with van der Waals surface area (Å²) < 4.78 is 14.0. The lowest BCUT2D eigenvalue weighted by Crippen LogP contribution is -2.08. The van der Waals surface area contributed by atoms with Gasteiger partial charge >= 0.3 is 0 Å². The molecule has 0 radical (unpaired) electrons. The molecule has 0 bridgehead atoms. The van der Waals surface area contributed by atoms with E-state index in [1.165, 1.54) is 12.1 Å². The highest BCUT2D eigenvalue weighted by Gasteiger charge is 2.08. The molecule has 0 amide bonds. The molecular formula is C14H14BrFN2. The van der Waals surface area contributed by atoms with Crippen LogP contribution in [0.1, 0.15) is 18.5 Å². The monoisotopic (exact) mass is 308 g/mol. The molecular weight excluding hydrogens is 295 g/mol. The molecule has 0 spiro atoms. The van der Waals surface area contributed by atoms with Crippen molar-refractivity contribution >= 4 is 27.3 Å². The van der Waals surface area contributed by atoms with E-state index in [4.69, 9.17) is 5.73 Å². The van der Waals surface area contributed by atoms with Gasteiger partial charge in [-0.1, -0.05) is 28.1 Å². The summed E-state index contributed by atoms with van der Waals surface area (Å²) >= 11 is 3.44. The Labute approximate surface area is 114 Å². The lowest BCUT2D eigenvalue weighted by molar-refractivity contribution is 0.628. The van der Waals surface area contributed by atoms with E-state index in [0.717, 1.165) is 15.7 Å². The van der Waals surface area contributed by atoms with Crippen LogP contribution in [0.5, 0.6) is 0 Å². The maximum absolute atomic E-state index is 12.9. The van der Waals surface area contributed by atoms with Crippen molar-refractivity contribution in [3.8, 4) is 0 Å². The van der Waals surface area contributed by atoms with Gasteiger partial charge in [-0.3, -0.25) is 0 Å². The lowest BCUT2D eigenvalue weighted by atomic mass is 10.1. The number of halogens is 2. The molecule has 4 heteroatoms. The van der Waals surface area contributed by atoms with E-state index < -0.39 is 0 Å². The zero-order valence-electron chi connectivity index (χ0n) is 9.95. The van der Waals surface area contributed by atoms with Gasteiger partial charge in [-0.05, 0) is 42.8 Å². The maximum atomic E-state index is 12.9. The minimum atomic E-state index is -0.326. The highest BCUT2D eigenvalue weighted by atomic mass is 79.9. The number of rotatable bonds is 3. The van der Waals surface area contributed by atoms with Crippen LogP contribution in [0.25, 0.3) is 0 Å². The van der Waals surface area contributed by atoms with Crippen LogP contribution >= 0.6 is 15.9 Å².